The zero-order valence-corrected chi connectivity index (χ0v) is 26.3. The van der Waals surface area contributed by atoms with E-state index >= 15 is 0 Å². The van der Waals surface area contributed by atoms with Crippen LogP contribution in [0.2, 0.25) is 0 Å². The molecular formula is C37H20N8S2. The van der Waals surface area contributed by atoms with Gasteiger partial charge in [-0.1, -0.05) is 24.3 Å². The molecule has 0 amide bonds. The van der Waals surface area contributed by atoms with Crippen molar-refractivity contribution in [3.8, 4) is 5.82 Å². The van der Waals surface area contributed by atoms with E-state index < -0.39 is 0 Å². The standard InChI is InChI=1S/C37H20N8S2/c1-42-24-6-2-3-7-25(24)43-28-14-20-21-15-33(39-18-32(21)47-30(20)16-23(28)41-36(42)43)44-26-8-4-5-9-27(26)45-35-22(40-37(44)45)10-11-29-34(35)19-12-13-38-17-31(19)46-29/h2-18H,1H3. The molecule has 0 saturated carbocycles. The van der Waals surface area contributed by atoms with E-state index in [2.05, 4.69) is 115 Å². The van der Waals surface area contributed by atoms with E-state index in [0.717, 1.165) is 60.7 Å². The number of aryl methyl sites for hydroxylation is 1. The van der Waals surface area contributed by atoms with Gasteiger partial charge in [0.1, 0.15) is 5.82 Å². The number of imidazole rings is 4. The van der Waals surface area contributed by atoms with Crippen LogP contribution in [0.4, 0.5) is 0 Å². The van der Waals surface area contributed by atoms with E-state index in [0.29, 0.717) is 0 Å². The van der Waals surface area contributed by atoms with Gasteiger partial charge in [-0.25, -0.2) is 15.0 Å². The van der Waals surface area contributed by atoms with Gasteiger partial charge in [-0.2, -0.15) is 0 Å². The predicted molar refractivity (Wildman–Crippen MR) is 194 cm³/mol. The molecule has 0 saturated heterocycles. The average molecular weight is 641 g/mol. The van der Waals surface area contributed by atoms with Crippen LogP contribution in [0.3, 0.4) is 0 Å². The fourth-order valence-corrected chi connectivity index (χ4v) is 9.83. The summed E-state index contributed by atoms with van der Waals surface area (Å²) in [5, 5.41) is 4.81. The molecule has 8 aromatic heterocycles. The minimum atomic E-state index is 0.845. The zero-order valence-electron chi connectivity index (χ0n) is 24.7. The van der Waals surface area contributed by atoms with Crippen LogP contribution in [0, 0.1) is 0 Å². The summed E-state index contributed by atoms with van der Waals surface area (Å²) < 4.78 is 13.7. The van der Waals surface area contributed by atoms with Crippen molar-refractivity contribution in [1.29, 1.82) is 0 Å². The summed E-state index contributed by atoms with van der Waals surface area (Å²) in [6, 6.07) is 30.2. The minimum absolute atomic E-state index is 0.845. The Morgan fingerprint density at radius 1 is 0.574 bits per heavy atom. The van der Waals surface area contributed by atoms with E-state index in [1.54, 1.807) is 22.7 Å². The van der Waals surface area contributed by atoms with Crippen molar-refractivity contribution in [2.24, 2.45) is 7.05 Å². The second-order valence-corrected chi connectivity index (χ2v) is 14.3. The third-order valence-electron chi connectivity index (χ3n) is 9.71. The number of hydrogen-bond acceptors (Lipinski definition) is 6. The normalized spacial score (nSPS) is 12.8. The number of rotatable bonds is 1. The van der Waals surface area contributed by atoms with Gasteiger partial charge >= 0.3 is 0 Å². The largest absolute Gasteiger partial charge is 0.313 e. The maximum absolute atomic E-state index is 5.26. The van der Waals surface area contributed by atoms with Crippen molar-refractivity contribution in [2.75, 3.05) is 0 Å². The minimum Gasteiger partial charge on any atom is -0.313 e. The lowest BCUT2D eigenvalue weighted by molar-refractivity contribution is 0.974. The summed E-state index contributed by atoms with van der Waals surface area (Å²) in [7, 11) is 2.09. The van der Waals surface area contributed by atoms with Crippen LogP contribution >= 0.6 is 22.7 Å². The lowest BCUT2D eigenvalue weighted by Gasteiger charge is -2.04. The molecule has 47 heavy (non-hydrogen) atoms. The maximum Gasteiger partial charge on any atom is 0.221 e. The lowest BCUT2D eigenvalue weighted by Crippen LogP contribution is -1.97. The molecule has 10 heteroatoms. The second kappa shape index (κ2) is 8.30. The summed E-state index contributed by atoms with van der Waals surface area (Å²) in [5.41, 5.74) is 8.68. The van der Waals surface area contributed by atoms with Gasteiger partial charge in [0.2, 0.25) is 11.6 Å². The first-order chi connectivity index (χ1) is 23.2. The first-order valence-corrected chi connectivity index (χ1v) is 17.0. The molecule has 12 aromatic rings. The smallest absolute Gasteiger partial charge is 0.221 e. The number of pyridine rings is 2. The van der Waals surface area contributed by atoms with Crippen LogP contribution in [0.1, 0.15) is 0 Å². The first-order valence-electron chi connectivity index (χ1n) is 15.4. The second-order valence-electron chi connectivity index (χ2n) is 12.1. The molecule has 0 aliphatic carbocycles. The van der Waals surface area contributed by atoms with E-state index in [4.69, 9.17) is 15.0 Å². The quantitative estimate of drug-likeness (QED) is 0.179. The Morgan fingerprint density at radius 3 is 2.21 bits per heavy atom. The summed E-state index contributed by atoms with van der Waals surface area (Å²) in [5.74, 6) is 2.64. The highest BCUT2D eigenvalue weighted by atomic mass is 32.1. The maximum atomic E-state index is 5.26. The molecule has 220 valence electrons. The molecule has 12 rings (SSSR count). The third kappa shape index (κ3) is 2.93. The van der Waals surface area contributed by atoms with E-state index in [1.807, 2.05) is 18.6 Å². The number of benzene rings is 4. The molecule has 0 unspecified atom stereocenters. The van der Waals surface area contributed by atoms with Crippen molar-refractivity contribution in [3.63, 3.8) is 0 Å². The van der Waals surface area contributed by atoms with Gasteiger partial charge in [0.05, 0.1) is 53.5 Å². The lowest BCUT2D eigenvalue weighted by atomic mass is 10.1. The highest BCUT2D eigenvalue weighted by Gasteiger charge is 2.22. The van der Waals surface area contributed by atoms with Crippen LogP contribution in [-0.2, 0) is 7.05 Å². The predicted octanol–water partition coefficient (Wildman–Crippen LogP) is 9.25. The van der Waals surface area contributed by atoms with Gasteiger partial charge in [0, 0.05) is 56.6 Å². The molecule has 0 spiro atoms. The van der Waals surface area contributed by atoms with Crippen LogP contribution in [0.25, 0.3) is 102 Å². The number of fused-ring (bicyclic) bond motifs is 17. The van der Waals surface area contributed by atoms with Gasteiger partial charge in [0.25, 0.3) is 0 Å². The summed E-state index contributed by atoms with van der Waals surface area (Å²) >= 11 is 3.54. The van der Waals surface area contributed by atoms with Gasteiger partial charge in [-0.3, -0.25) is 18.4 Å². The van der Waals surface area contributed by atoms with E-state index in [9.17, 15) is 0 Å². The number of nitrogens with zero attached hydrogens (tertiary/aromatic N) is 8. The number of para-hydroxylation sites is 4. The zero-order chi connectivity index (χ0) is 30.5. The molecule has 0 fully saturated rings. The Hall–Kier alpha value is -5.84. The molecular weight excluding hydrogens is 621 g/mol. The summed E-state index contributed by atoms with van der Waals surface area (Å²) in [4.78, 5) is 19.8. The number of hydrogen-bond donors (Lipinski definition) is 0. The van der Waals surface area contributed by atoms with Crippen molar-refractivity contribution < 1.29 is 0 Å². The van der Waals surface area contributed by atoms with Crippen LogP contribution < -0.4 is 0 Å². The molecule has 8 nitrogen and oxygen atoms in total. The van der Waals surface area contributed by atoms with Gasteiger partial charge in [0.15, 0.2) is 0 Å². The Labute approximate surface area is 272 Å². The average Bonchev–Trinajstić information content (AvgIpc) is 3.93. The van der Waals surface area contributed by atoms with Gasteiger partial charge < -0.3 is 4.57 Å². The molecule has 4 aromatic carbocycles. The molecule has 0 atom stereocenters. The van der Waals surface area contributed by atoms with Crippen molar-refractivity contribution in [1.82, 2.24) is 37.9 Å². The Bertz CT molecular complexity index is 3330. The topological polar surface area (TPSA) is 70.2 Å². The highest BCUT2D eigenvalue weighted by molar-refractivity contribution is 7.26. The SMILES string of the molecule is Cn1c2ccccc2n2c3cc4c(cc3nc12)sc1cnc(-n2c3ccccc3n3c5c(ccc6sc7cnccc7c65)nc23)cc14. The summed E-state index contributed by atoms with van der Waals surface area (Å²) in [6.45, 7) is 0. The Balaban J connectivity index is 1.18. The summed E-state index contributed by atoms with van der Waals surface area (Å²) in [6.07, 6.45) is 5.85. The molecule has 0 bridgehead atoms. The molecule has 0 radical (unpaired) electrons. The molecule has 8 heterocycles. The van der Waals surface area contributed by atoms with Crippen LogP contribution in [-0.4, -0.2) is 37.9 Å². The Morgan fingerprint density at radius 2 is 1.32 bits per heavy atom. The molecule has 0 aliphatic rings. The van der Waals surface area contributed by atoms with Gasteiger partial charge in [-0.05, 0) is 60.7 Å². The molecule has 0 N–H and O–H groups in total. The monoisotopic (exact) mass is 640 g/mol. The van der Waals surface area contributed by atoms with Crippen LogP contribution in [0.5, 0.6) is 0 Å². The van der Waals surface area contributed by atoms with Crippen LogP contribution in [0.15, 0.2) is 104 Å². The number of thiophene rings is 2. The van der Waals surface area contributed by atoms with Crippen molar-refractivity contribution in [2.45, 2.75) is 0 Å². The molecule has 0 aliphatic heterocycles. The third-order valence-corrected chi connectivity index (χ3v) is 11.9. The first kappa shape index (κ1) is 24.4. The number of aromatic nitrogens is 8. The van der Waals surface area contributed by atoms with E-state index in [1.165, 1.54) is 41.2 Å². The highest BCUT2D eigenvalue weighted by Crippen LogP contribution is 2.41. The van der Waals surface area contributed by atoms with Crippen molar-refractivity contribution in [3.05, 3.63) is 104 Å². The van der Waals surface area contributed by atoms with Gasteiger partial charge in [-0.15, -0.1) is 22.7 Å². The fourth-order valence-electron chi connectivity index (χ4n) is 7.68. The fraction of sp³-hybridized carbons (Fsp3) is 0.0270. The van der Waals surface area contributed by atoms with E-state index in [-0.39, 0.29) is 0 Å². The Kier molecular flexibility index (Phi) is 4.31. The van der Waals surface area contributed by atoms with Crippen molar-refractivity contribution >= 4 is 119 Å².